The normalized spacial score (nSPS) is 25.1. The number of rotatable bonds is 2. The van der Waals surface area contributed by atoms with E-state index in [-0.39, 0.29) is 0 Å². The zero-order valence-corrected chi connectivity index (χ0v) is 11.4. The predicted octanol–water partition coefficient (Wildman–Crippen LogP) is 2.33. The van der Waals surface area contributed by atoms with Crippen molar-refractivity contribution in [2.45, 2.75) is 26.3 Å². The number of nitrogens with two attached hydrogens (primary N) is 1. The molecule has 2 N–H and O–H groups in total. The van der Waals surface area contributed by atoms with Gasteiger partial charge in [-0.3, -0.25) is 0 Å². The van der Waals surface area contributed by atoms with Crippen molar-refractivity contribution in [3.8, 4) is 0 Å². The SMILES string of the molecule is Cc1cc(Br)cnc1N1CCC(C)C1CN. The Bertz CT molecular complexity index is 381. The van der Waals surface area contributed by atoms with E-state index in [2.05, 4.69) is 45.7 Å². The highest BCUT2D eigenvalue weighted by atomic mass is 79.9. The Morgan fingerprint density at radius 2 is 2.38 bits per heavy atom. The second-order valence-electron chi connectivity index (χ2n) is 4.56. The fraction of sp³-hybridized carbons (Fsp3) is 0.583. The second kappa shape index (κ2) is 4.72. The van der Waals surface area contributed by atoms with E-state index in [0.717, 1.165) is 16.8 Å². The van der Waals surface area contributed by atoms with E-state index in [1.807, 2.05) is 6.20 Å². The fourth-order valence-electron chi connectivity index (χ4n) is 2.46. The van der Waals surface area contributed by atoms with Crippen LogP contribution in [0.2, 0.25) is 0 Å². The molecule has 0 bridgehead atoms. The van der Waals surface area contributed by atoms with Crippen molar-refractivity contribution in [1.82, 2.24) is 4.98 Å². The van der Waals surface area contributed by atoms with Crippen LogP contribution in [0.4, 0.5) is 5.82 Å². The lowest BCUT2D eigenvalue weighted by molar-refractivity contribution is 0.517. The minimum absolute atomic E-state index is 0.437. The van der Waals surface area contributed by atoms with E-state index >= 15 is 0 Å². The molecule has 1 aliphatic rings. The van der Waals surface area contributed by atoms with E-state index in [9.17, 15) is 0 Å². The van der Waals surface area contributed by atoms with Crippen molar-refractivity contribution in [1.29, 1.82) is 0 Å². The van der Waals surface area contributed by atoms with Gasteiger partial charge < -0.3 is 10.6 Å². The van der Waals surface area contributed by atoms with Gasteiger partial charge in [-0.2, -0.15) is 0 Å². The summed E-state index contributed by atoms with van der Waals surface area (Å²) in [6, 6.07) is 2.55. The van der Waals surface area contributed by atoms with Crippen LogP contribution in [0.25, 0.3) is 0 Å². The number of anilines is 1. The third-order valence-electron chi connectivity index (χ3n) is 3.41. The molecule has 1 fully saturated rings. The first kappa shape index (κ1) is 11.9. The molecule has 0 radical (unpaired) electrons. The molecule has 0 aliphatic carbocycles. The number of hydrogen-bond acceptors (Lipinski definition) is 3. The van der Waals surface area contributed by atoms with Gasteiger partial charge in [0.05, 0.1) is 0 Å². The Kier molecular flexibility index (Phi) is 3.50. The molecule has 0 saturated carbocycles. The van der Waals surface area contributed by atoms with Crippen LogP contribution in [0, 0.1) is 12.8 Å². The Labute approximate surface area is 105 Å². The molecule has 0 amide bonds. The molecular weight excluding hydrogens is 266 g/mol. The van der Waals surface area contributed by atoms with Crippen LogP contribution in [0.1, 0.15) is 18.9 Å². The summed E-state index contributed by atoms with van der Waals surface area (Å²) in [6.07, 6.45) is 3.07. The summed E-state index contributed by atoms with van der Waals surface area (Å²) < 4.78 is 1.03. The van der Waals surface area contributed by atoms with E-state index in [1.54, 1.807) is 0 Å². The van der Waals surface area contributed by atoms with E-state index in [1.165, 1.54) is 12.0 Å². The first-order valence-electron chi connectivity index (χ1n) is 5.72. The molecule has 2 atom stereocenters. The summed E-state index contributed by atoms with van der Waals surface area (Å²) in [5, 5.41) is 0. The van der Waals surface area contributed by atoms with Gasteiger partial charge in [-0.05, 0) is 46.8 Å². The van der Waals surface area contributed by atoms with Crippen molar-refractivity contribution in [2.24, 2.45) is 11.7 Å². The number of aryl methyl sites for hydroxylation is 1. The highest BCUT2D eigenvalue weighted by Gasteiger charge is 2.31. The van der Waals surface area contributed by atoms with Crippen LogP contribution in [-0.2, 0) is 0 Å². The van der Waals surface area contributed by atoms with Gasteiger partial charge in [0.25, 0.3) is 0 Å². The van der Waals surface area contributed by atoms with Crippen molar-refractivity contribution in [3.63, 3.8) is 0 Å². The maximum Gasteiger partial charge on any atom is 0.131 e. The van der Waals surface area contributed by atoms with Gasteiger partial charge in [-0.1, -0.05) is 6.92 Å². The average Bonchev–Trinajstić information content (AvgIpc) is 2.59. The highest BCUT2D eigenvalue weighted by Crippen LogP contribution is 2.30. The molecule has 16 heavy (non-hydrogen) atoms. The Balaban J connectivity index is 2.30. The van der Waals surface area contributed by atoms with Crippen LogP contribution in [-0.4, -0.2) is 24.1 Å². The quantitative estimate of drug-likeness (QED) is 0.906. The molecule has 88 valence electrons. The van der Waals surface area contributed by atoms with Gasteiger partial charge >= 0.3 is 0 Å². The summed E-state index contributed by atoms with van der Waals surface area (Å²) in [6.45, 7) is 6.15. The largest absolute Gasteiger partial charge is 0.352 e. The maximum atomic E-state index is 5.85. The smallest absolute Gasteiger partial charge is 0.131 e. The lowest BCUT2D eigenvalue weighted by atomic mass is 10.0. The molecule has 1 aromatic rings. The minimum atomic E-state index is 0.437. The lowest BCUT2D eigenvalue weighted by Crippen LogP contribution is -2.39. The monoisotopic (exact) mass is 283 g/mol. The standard InChI is InChI=1S/C12H18BrN3/c1-8-3-4-16(11(8)6-14)12-9(2)5-10(13)7-15-12/h5,7-8,11H,3-4,6,14H2,1-2H3. The second-order valence-corrected chi connectivity index (χ2v) is 5.47. The highest BCUT2D eigenvalue weighted by molar-refractivity contribution is 9.10. The van der Waals surface area contributed by atoms with Crippen LogP contribution < -0.4 is 10.6 Å². The summed E-state index contributed by atoms with van der Waals surface area (Å²) in [7, 11) is 0. The third-order valence-corrected chi connectivity index (χ3v) is 3.85. The van der Waals surface area contributed by atoms with Crippen molar-refractivity contribution in [2.75, 3.05) is 18.0 Å². The number of hydrogen-bond donors (Lipinski definition) is 1. The van der Waals surface area contributed by atoms with Gasteiger partial charge in [0.1, 0.15) is 5.82 Å². The third kappa shape index (κ3) is 2.09. The fourth-order valence-corrected chi connectivity index (χ4v) is 2.91. The minimum Gasteiger partial charge on any atom is -0.352 e. The van der Waals surface area contributed by atoms with Crippen molar-refractivity contribution >= 4 is 21.7 Å². The van der Waals surface area contributed by atoms with Crippen LogP contribution in [0.3, 0.4) is 0 Å². The predicted molar refractivity (Wildman–Crippen MR) is 70.6 cm³/mol. The number of aromatic nitrogens is 1. The first-order valence-corrected chi connectivity index (χ1v) is 6.51. The van der Waals surface area contributed by atoms with Crippen molar-refractivity contribution < 1.29 is 0 Å². The molecule has 3 nitrogen and oxygen atoms in total. The molecule has 1 aliphatic heterocycles. The molecule has 2 unspecified atom stereocenters. The van der Waals surface area contributed by atoms with E-state index < -0.39 is 0 Å². The van der Waals surface area contributed by atoms with Crippen LogP contribution >= 0.6 is 15.9 Å². The number of nitrogens with zero attached hydrogens (tertiary/aromatic N) is 2. The molecule has 1 aromatic heterocycles. The molecule has 2 rings (SSSR count). The Hall–Kier alpha value is -0.610. The molecule has 0 spiro atoms. The Morgan fingerprint density at radius 3 is 3.00 bits per heavy atom. The van der Waals surface area contributed by atoms with Gasteiger partial charge in [-0.15, -0.1) is 0 Å². The topological polar surface area (TPSA) is 42.2 Å². The first-order chi connectivity index (χ1) is 7.63. The van der Waals surface area contributed by atoms with Crippen molar-refractivity contribution in [3.05, 3.63) is 22.3 Å². The maximum absolute atomic E-state index is 5.85. The summed E-state index contributed by atoms with van der Waals surface area (Å²) in [4.78, 5) is 6.87. The van der Waals surface area contributed by atoms with Gasteiger partial charge in [0.15, 0.2) is 0 Å². The lowest BCUT2D eigenvalue weighted by Gasteiger charge is -2.28. The zero-order valence-electron chi connectivity index (χ0n) is 9.78. The molecule has 0 aromatic carbocycles. The number of pyridine rings is 1. The van der Waals surface area contributed by atoms with Crippen LogP contribution in [0.5, 0.6) is 0 Å². The molecule has 1 saturated heterocycles. The number of halogens is 1. The van der Waals surface area contributed by atoms with Crippen LogP contribution in [0.15, 0.2) is 16.7 Å². The van der Waals surface area contributed by atoms with E-state index in [4.69, 9.17) is 5.73 Å². The zero-order chi connectivity index (χ0) is 11.7. The van der Waals surface area contributed by atoms with Gasteiger partial charge in [0, 0.05) is 29.8 Å². The Morgan fingerprint density at radius 1 is 1.62 bits per heavy atom. The summed E-state index contributed by atoms with van der Waals surface area (Å²) >= 11 is 3.44. The summed E-state index contributed by atoms with van der Waals surface area (Å²) in [5.74, 6) is 1.75. The van der Waals surface area contributed by atoms with Gasteiger partial charge in [-0.25, -0.2) is 4.98 Å². The molecular formula is C12H18BrN3. The summed E-state index contributed by atoms with van der Waals surface area (Å²) in [5.41, 5.74) is 7.06. The molecule has 4 heteroatoms. The van der Waals surface area contributed by atoms with E-state index in [0.29, 0.717) is 18.5 Å². The molecule has 2 heterocycles. The van der Waals surface area contributed by atoms with Gasteiger partial charge in [0.2, 0.25) is 0 Å². The average molecular weight is 284 g/mol.